The molecule has 1 saturated carbocycles. The van der Waals surface area contributed by atoms with Crippen LogP contribution in [0.3, 0.4) is 0 Å². The summed E-state index contributed by atoms with van der Waals surface area (Å²) < 4.78 is 26.6. The molecule has 0 amide bonds. The topological polar surface area (TPSA) is 38.0 Å². The Morgan fingerprint density at radius 3 is 2.40 bits per heavy atom. The van der Waals surface area contributed by atoms with Crippen molar-refractivity contribution in [1.29, 1.82) is 0 Å². The second-order valence-corrected chi connectivity index (χ2v) is 6.23. The molecule has 0 saturated heterocycles. The lowest BCUT2D eigenvalue weighted by atomic mass is 9.91. The van der Waals surface area contributed by atoms with Crippen LogP contribution in [0.5, 0.6) is 0 Å². The number of benzene rings is 1. The number of hydrogen-bond donors (Lipinski definition) is 2. The maximum absolute atomic E-state index is 13.3. The fourth-order valence-electron chi connectivity index (χ4n) is 2.98. The summed E-state index contributed by atoms with van der Waals surface area (Å²) >= 11 is 0. The van der Waals surface area contributed by atoms with Gasteiger partial charge >= 0.3 is 0 Å². The highest BCUT2D eigenvalue weighted by Gasteiger charge is 2.42. The van der Waals surface area contributed by atoms with Gasteiger partial charge in [-0.25, -0.2) is 8.78 Å². The number of nitrogens with one attached hydrogen (secondary N) is 1. The van der Waals surface area contributed by atoms with Gasteiger partial charge in [0.1, 0.15) is 0 Å². The molecule has 1 aromatic rings. The van der Waals surface area contributed by atoms with E-state index in [1.54, 1.807) is 0 Å². The van der Waals surface area contributed by atoms with Crippen LogP contribution in [0.25, 0.3) is 0 Å². The van der Waals surface area contributed by atoms with Gasteiger partial charge in [0.15, 0.2) is 0 Å². The largest absolute Gasteiger partial charge is 0.271 e. The van der Waals surface area contributed by atoms with E-state index in [4.69, 9.17) is 5.84 Å². The molecule has 0 spiro atoms. The lowest BCUT2D eigenvalue weighted by Gasteiger charge is -2.23. The smallest absolute Gasteiger partial charge is 0.248 e. The highest BCUT2D eigenvalue weighted by Crippen LogP contribution is 2.40. The highest BCUT2D eigenvalue weighted by molar-refractivity contribution is 5.25. The number of hydrazine groups is 1. The molecule has 0 aromatic heterocycles. The van der Waals surface area contributed by atoms with Crippen LogP contribution in [-0.2, 0) is 6.42 Å². The van der Waals surface area contributed by atoms with Crippen LogP contribution in [0.2, 0.25) is 0 Å². The molecule has 2 rings (SSSR count). The van der Waals surface area contributed by atoms with Gasteiger partial charge in [-0.05, 0) is 35.8 Å². The quantitative estimate of drug-likeness (QED) is 0.639. The van der Waals surface area contributed by atoms with Crippen LogP contribution in [0.4, 0.5) is 8.78 Å². The first kappa shape index (κ1) is 15.4. The molecule has 1 aliphatic carbocycles. The third kappa shape index (κ3) is 3.76. The van der Waals surface area contributed by atoms with Crippen molar-refractivity contribution in [3.63, 3.8) is 0 Å². The maximum atomic E-state index is 13.3. The highest BCUT2D eigenvalue weighted by atomic mass is 19.3. The van der Waals surface area contributed by atoms with E-state index in [1.165, 1.54) is 5.56 Å². The number of nitrogens with two attached hydrogens (primary N) is 1. The molecule has 0 aliphatic heterocycles. The predicted molar refractivity (Wildman–Crippen MR) is 77.6 cm³/mol. The van der Waals surface area contributed by atoms with Gasteiger partial charge in [-0.2, -0.15) is 0 Å². The number of alkyl halides is 2. The third-order valence-electron chi connectivity index (χ3n) is 4.33. The molecule has 1 aliphatic rings. The van der Waals surface area contributed by atoms with Crippen molar-refractivity contribution < 1.29 is 8.78 Å². The Labute approximate surface area is 119 Å². The first-order chi connectivity index (χ1) is 9.41. The maximum Gasteiger partial charge on any atom is 0.248 e. The molecule has 0 radical (unpaired) electrons. The summed E-state index contributed by atoms with van der Waals surface area (Å²) in [5.74, 6) is 3.52. The lowest BCUT2D eigenvalue weighted by molar-refractivity contribution is 0.00331. The van der Waals surface area contributed by atoms with E-state index in [0.29, 0.717) is 18.8 Å². The molecule has 2 atom stereocenters. The van der Waals surface area contributed by atoms with E-state index in [9.17, 15) is 8.78 Å². The van der Waals surface area contributed by atoms with Crippen molar-refractivity contribution in [2.45, 2.75) is 57.4 Å². The molecule has 3 N–H and O–H groups in total. The Kier molecular flexibility index (Phi) is 4.76. The fourth-order valence-corrected chi connectivity index (χ4v) is 2.98. The average Bonchev–Trinajstić information content (AvgIpc) is 2.76. The second kappa shape index (κ2) is 6.19. The van der Waals surface area contributed by atoms with Crippen LogP contribution < -0.4 is 11.3 Å². The van der Waals surface area contributed by atoms with Crippen molar-refractivity contribution in [2.75, 3.05) is 0 Å². The Balaban J connectivity index is 1.99. The Morgan fingerprint density at radius 1 is 1.30 bits per heavy atom. The van der Waals surface area contributed by atoms with E-state index in [0.717, 1.165) is 5.56 Å². The molecule has 1 aromatic carbocycles. The minimum Gasteiger partial charge on any atom is -0.271 e. The van der Waals surface area contributed by atoms with Crippen LogP contribution in [0.15, 0.2) is 24.3 Å². The van der Waals surface area contributed by atoms with Crippen molar-refractivity contribution in [3.8, 4) is 0 Å². The molecular formula is C16H24F2N2. The van der Waals surface area contributed by atoms with Crippen molar-refractivity contribution in [1.82, 2.24) is 5.43 Å². The van der Waals surface area contributed by atoms with Gasteiger partial charge in [0.25, 0.3) is 0 Å². The predicted octanol–water partition coefficient (Wildman–Crippen LogP) is 3.62. The molecule has 0 bridgehead atoms. The normalized spacial score (nSPS) is 23.2. The van der Waals surface area contributed by atoms with Gasteiger partial charge in [0.05, 0.1) is 0 Å². The standard InChI is InChI=1S/C16H24F2N2/c1-11(2)13-5-3-12(4-6-13)9-15(20-19)14-7-8-16(17,18)10-14/h3-6,11,14-15,20H,7-10,19H2,1-2H3. The lowest BCUT2D eigenvalue weighted by Crippen LogP contribution is -2.42. The van der Waals surface area contributed by atoms with Crippen molar-refractivity contribution in [3.05, 3.63) is 35.4 Å². The molecule has 0 heterocycles. The van der Waals surface area contributed by atoms with E-state index in [-0.39, 0.29) is 24.8 Å². The zero-order chi connectivity index (χ0) is 14.8. The molecule has 2 unspecified atom stereocenters. The monoisotopic (exact) mass is 282 g/mol. The second-order valence-electron chi connectivity index (χ2n) is 6.23. The summed E-state index contributed by atoms with van der Waals surface area (Å²) in [6.07, 6.45) is 1.19. The van der Waals surface area contributed by atoms with Crippen molar-refractivity contribution in [2.24, 2.45) is 11.8 Å². The zero-order valence-electron chi connectivity index (χ0n) is 12.2. The first-order valence-corrected chi connectivity index (χ1v) is 7.34. The van der Waals surface area contributed by atoms with Crippen LogP contribution in [0, 0.1) is 5.92 Å². The van der Waals surface area contributed by atoms with Gasteiger partial charge < -0.3 is 0 Å². The van der Waals surface area contributed by atoms with Gasteiger partial charge in [-0.3, -0.25) is 11.3 Å². The Bertz CT molecular complexity index is 429. The zero-order valence-corrected chi connectivity index (χ0v) is 12.2. The molecule has 1 fully saturated rings. The van der Waals surface area contributed by atoms with Crippen LogP contribution >= 0.6 is 0 Å². The number of rotatable bonds is 5. The Morgan fingerprint density at radius 2 is 1.95 bits per heavy atom. The minimum atomic E-state index is -2.51. The molecule has 2 nitrogen and oxygen atoms in total. The molecule has 20 heavy (non-hydrogen) atoms. The summed E-state index contributed by atoms with van der Waals surface area (Å²) in [6, 6.07) is 8.29. The average molecular weight is 282 g/mol. The van der Waals surface area contributed by atoms with E-state index >= 15 is 0 Å². The SMILES string of the molecule is CC(C)c1ccc(CC(NN)C2CCC(F)(F)C2)cc1. The summed E-state index contributed by atoms with van der Waals surface area (Å²) in [5, 5.41) is 0. The first-order valence-electron chi connectivity index (χ1n) is 7.34. The van der Waals surface area contributed by atoms with Gasteiger partial charge in [-0.1, -0.05) is 38.1 Å². The molecule has 112 valence electrons. The minimum absolute atomic E-state index is 0.0118. The summed E-state index contributed by atoms with van der Waals surface area (Å²) in [6.45, 7) is 4.31. The number of halogens is 2. The molecular weight excluding hydrogens is 258 g/mol. The van der Waals surface area contributed by atoms with E-state index in [1.807, 2.05) is 0 Å². The van der Waals surface area contributed by atoms with Crippen LogP contribution in [-0.4, -0.2) is 12.0 Å². The van der Waals surface area contributed by atoms with E-state index in [2.05, 4.69) is 43.5 Å². The molecule has 4 heteroatoms. The fraction of sp³-hybridized carbons (Fsp3) is 0.625. The third-order valence-corrected chi connectivity index (χ3v) is 4.33. The van der Waals surface area contributed by atoms with E-state index < -0.39 is 5.92 Å². The summed E-state index contributed by atoms with van der Waals surface area (Å²) in [4.78, 5) is 0. The number of hydrogen-bond acceptors (Lipinski definition) is 2. The van der Waals surface area contributed by atoms with Crippen molar-refractivity contribution >= 4 is 0 Å². The Hall–Kier alpha value is -1.00. The van der Waals surface area contributed by atoms with Crippen LogP contribution in [0.1, 0.15) is 50.2 Å². The summed E-state index contributed by atoms with van der Waals surface area (Å²) in [7, 11) is 0. The van der Waals surface area contributed by atoms with Gasteiger partial charge in [0, 0.05) is 18.9 Å². The van der Waals surface area contributed by atoms with Gasteiger partial charge in [-0.15, -0.1) is 0 Å². The van der Waals surface area contributed by atoms with Gasteiger partial charge in [0.2, 0.25) is 5.92 Å². The summed E-state index contributed by atoms with van der Waals surface area (Å²) in [5.41, 5.74) is 5.17.